The maximum absolute atomic E-state index is 10.6. The highest BCUT2D eigenvalue weighted by Crippen LogP contribution is 2.33. The molecule has 0 spiro atoms. The zero-order chi connectivity index (χ0) is 14.5. The van der Waals surface area contributed by atoms with Crippen molar-refractivity contribution < 1.29 is 19.4 Å². The summed E-state index contributed by atoms with van der Waals surface area (Å²) in [6, 6.07) is 11.6. The van der Waals surface area contributed by atoms with Crippen LogP contribution in [0.25, 0.3) is 0 Å². The molecule has 0 unspecified atom stereocenters. The Hall–Kier alpha value is -2.89. The normalized spacial score (nSPS) is 9.85. The molecule has 0 aliphatic heterocycles. The van der Waals surface area contributed by atoms with E-state index in [0.717, 1.165) is 0 Å². The minimum absolute atomic E-state index is 0.421. The number of nitrogens with two attached hydrogens (primary N) is 1. The van der Waals surface area contributed by atoms with Crippen molar-refractivity contribution in [2.45, 2.75) is 0 Å². The lowest BCUT2D eigenvalue weighted by atomic mass is 10.2. The van der Waals surface area contributed by atoms with E-state index in [2.05, 4.69) is 5.32 Å². The Balaban J connectivity index is 2.23. The van der Waals surface area contributed by atoms with Gasteiger partial charge in [-0.1, -0.05) is 6.07 Å². The monoisotopic (exact) mass is 274 g/mol. The van der Waals surface area contributed by atoms with Gasteiger partial charge in [-0.2, -0.15) is 0 Å². The first-order valence-electron chi connectivity index (χ1n) is 5.80. The Morgan fingerprint density at radius 2 is 2.00 bits per heavy atom. The molecular formula is C14H14N2O4. The highest BCUT2D eigenvalue weighted by atomic mass is 16.5. The van der Waals surface area contributed by atoms with Crippen LogP contribution in [0.2, 0.25) is 0 Å². The van der Waals surface area contributed by atoms with Crippen LogP contribution in [0.1, 0.15) is 0 Å². The fourth-order valence-electron chi connectivity index (χ4n) is 1.66. The number of nitrogens with one attached hydrogen (secondary N) is 1. The standard InChI is InChI=1S/C14H14N2O4/c1-19-13-7-9(15)5-6-12(13)20-11-4-2-3-10(8-11)16-14(17)18/h2-8,16H,15H2,1H3,(H,17,18). The molecule has 0 radical (unpaired) electrons. The summed E-state index contributed by atoms with van der Waals surface area (Å²) in [5, 5.41) is 10.9. The SMILES string of the molecule is COc1cc(N)ccc1Oc1cccc(NC(=O)O)c1. The number of carboxylic acid groups (broad SMARTS) is 1. The van der Waals surface area contributed by atoms with Crippen molar-refractivity contribution in [3.63, 3.8) is 0 Å². The Morgan fingerprint density at radius 1 is 1.20 bits per heavy atom. The van der Waals surface area contributed by atoms with Gasteiger partial charge in [0.2, 0.25) is 0 Å². The Labute approximate surface area is 115 Å². The fraction of sp³-hybridized carbons (Fsp3) is 0.0714. The van der Waals surface area contributed by atoms with Crippen molar-refractivity contribution in [3.05, 3.63) is 42.5 Å². The van der Waals surface area contributed by atoms with Gasteiger partial charge < -0.3 is 20.3 Å². The van der Waals surface area contributed by atoms with E-state index in [1.54, 1.807) is 42.5 Å². The molecule has 0 aliphatic rings. The number of amides is 1. The number of carbonyl (C=O) groups is 1. The second-order valence-corrected chi connectivity index (χ2v) is 3.97. The molecule has 104 valence electrons. The molecule has 0 atom stereocenters. The van der Waals surface area contributed by atoms with Crippen molar-refractivity contribution >= 4 is 17.5 Å². The average molecular weight is 274 g/mol. The number of ether oxygens (including phenoxy) is 2. The van der Waals surface area contributed by atoms with Crippen molar-refractivity contribution in [2.75, 3.05) is 18.2 Å². The summed E-state index contributed by atoms with van der Waals surface area (Å²) in [7, 11) is 1.52. The fourth-order valence-corrected chi connectivity index (χ4v) is 1.66. The van der Waals surface area contributed by atoms with E-state index in [9.17, 15) is 4.79 Å². The van der Waals surface area contributed by atoms with E-state index >= 15 is 0 Å². The van der Waals surface area contributed by atoms with Gasteiger partial charge in [-0.05, 0) is 24.3 Å². The molecule has 0 bridgehead atoms. The summed E-state index contributed by atoms with van der Waals surface area (Å²) < 4.78 is 10.8. The summed E-state index contributed by atoms with van der Waals surface area (Å²) in [5.74, 6) is 1.48. The number of rotatable bonds is 4. The molecule has 0 aromatic heterocycles. The molecule has 0 aliphatic carbocycles. The van der Waals surface area contributed by atoms with Gasteiger partial charge >= 0.3 is 6.09 Å². The van der Waals surface area contributed by atoms with Crippen LogP contribution in [0.3, 0.4) is 0 Å². The number of benzene rings is 2. The average Bonchev–Trinajstić information content (AvgIpc) is 2.40. The molecule has 0 saturated carbocycles. The first-order valence-corrected chi connectivity index (χ1v) is 5.80. The summed E-state index contributed by atoms with van der Waals surface area (Å²) in [6.07, 6.45) is -1.13. The minimum Gasteiger partial charge on any atom is -0.493 e. The van der Waals surface area contributed by atoms with E-state index in [0.29, 0.717) is 28.6 Å². The molecule has 1 amide bonds. The molecule has 2 aromatic rings. The van der Waals surface area contributed by atoms with E-state index in [-0.39, 0.29) is 0 Å². The zero-order valence-corrected chi connectivity index (χ0v) is 10.8. The van der Waals surface area contributed by atoms with Gasteiger partial charge in [0.25, 0.3) is 0 Å². The summed E-state index contributed by atoms with van der Waals surface area (Å²) in [6.45, 7) is 0. The van der Waals surface area contributed by atoms with Crippen LogP contribution >= 0.6 is 0 Å². The van der Waals surface area contributed by atoms with E-state index in [4.69, 9.17) is 20.3 Å². The summed E-state index contributed by atoms with van der Waals surface area (Å²) in [4.78, 5) is 10.6. The van der Waals surface area contributed by atoms with Gasteiger partial charge in [-0.25, -0.2) is 4.79 Å². The smallest absolute Gasteiger partial charge is 0.409 e. The molecule has 20 heavy (non-hydrogen) atoms. The molecule has 6 heteroatoms. The second-order valence-electron chi connectivity index (χ2n) is 3.97. The third-order valence-electron chi connectivity index (χ3n) is 2.50. The molecule has 0 heterocycles. The Morgan fingerprint density at radius 3 is 2.70 bits per heavy atom. The quantitative estimate of drug-likeness (QED) is 0.744. The van der Waals surface area contributed by atoms with Gasteiger partial charge in [0, 0.05) is 23.5 Å². The first-order chi connectivity index (χ1) is 9.58. The summed E-state index contributed by atoms with van der Waals surface area (Å²) >= 11 is 0. The number of hydrogen-bond acceptors (Lipinski definition) is 4. The van der Waals surface area contributed by atoms with Gasteiger partial charge in [-0.15, -0.1) is 0 Å². The largest absolute Gasteiger partial charge is 0.493 e. The third-order valence-corrected chi connectivity index (χ3v) is 2.50. The lowest BCUT2D eigenvalue weighted by Crippen LogP contribution is -2.06. The lowest BCUT2D eigenvalue weighted by molar-refractivity contribution is 0.210. The highest BCUT2D eigenvalue weighted by molar-refractivity contribution is 5.83. The van der Waals surface area contributed by atoms with E-state index in [1.807, 2.05) is 0 Å². The van der Waals surface area contributed by atoms with Crippen LogP contribution in [-0.2, 0) is 0 Å². The number of anilines is 2. The molecule has 0 saturated heterocycles. The van der Waals surface area contributed by atoms with Crippen LogP contribution in [0.15, 0.2) is 42.5 Å². The predicted molar refractivity (Wildman–Crippen MR) is 75.6 cm³/mol. The molecule has 2 aromatic carbocycles. The second kappa shape index (κ2) is 5.83. The van der Waals surface area contributed by atoms with Crippen LogP contribution in [0.4, 0.5) is 16.2 Å². The molecule has 6 nitrogen and oxygen atoms in total. The van der Waals surface area contributed by atoms with Gasteiger partial charge in [0.05, 0.1) is 7.11 Å². The third kappa shape index (κ3) is 3.32. The molecule has 0 fully saturated rings. The predicted octanol–water partition coefficient (Wildman–Crippen LogP) is 3.16. The van der Waals surface area contributed by atoms with Crippen LogP contribution in [0.5, 0.6) is 17.2 Å². The number of hydrogen-bond donors (Lipinski definition) is 3. The van der Waals surface area contributed by atoms with Crippen LogP contribution in [0, 0.1) is 0 Å². The highest BCUT2D eigenvalue weighted by Gasteiger charge is 2.07. The number of nitrogen functional groups attached to an aromatic ring is 1. The first kappa shape index (κ1) is 13.5. The Bertz CT molecular complexity index is 628. The van der Waals surface area contributed by atoms with Crippen molar-refractivity contribution in [2.24, 2.45) is 0 Å². The molecule has 2 rings (SSSR count). The maximum atomic E-state index is 10.6. The summed E-state index contributed by atoms with van der Waals surface area (Å²) in [5.41, 5.74) is 6.65. The van der Waals surface area contributed by atoms with Gasteiger partial charge in [0.1, 0.15) is 5.75 Å². The van der Waals surface area contributed by atoms with Crippen LogP contribution < -0.4 is 20.5 Å². The van der Waals surface area contributed by atoms with E-state index < -0.39 is 6.09 Å². The Kier molecular flexibility index (Phi) is 3.95. The van der Waals surface area contributed by atoms with Crippen LogP contribution in [-0.4, -0.2) is 18.3 Å². The topological polar surface area (TPSA) is 93.8 Å². The van der Waals surface area contributed by atoms with Crippen molar-refractivity contribution in [3.8, 4) is 17.2 Å². The minimum atomic E-state index is -1.13. The zero-order valence-electron chi connectivity index (χ0n) is 10.8. The van der Waals surface area contributed by atoms with E-state index in [1.165, 1.54) is 7.11 Å². The van der Waals surface area contributed by atoms with Gasteiger partial charge in [-0.3, -0.25) is 5.32 Å². The van der Waals surface area contributed by atoms with Crippen molar-refractivity contribution in [1.29, 1.82) is 0 Å². The molecule has 4 N–H and O–H groups in total. The number of methoxy groups -OCH3 is 1. The lowest BCUT2D eigenvalue weighted by Gasteiger charge is -2.11. The molecular weight excluding hydrogens is 260 g/mol. The van der Waals surface area contributed by atoms with Gasteiger partial charge in [0.15, 0.2) is 11.5 Å². The maximum Gasteiger partial charge on any atom is 0.409 e. The van der Waals surface area contributed by atoms with Crippen molar-refractivity contribution in [1.82, 2.24) is 0 Å².